The Morgan fingerprint density at radius 3 is 2.68 bits per heavy atom. The van der Waals surface area contributed by atoms with Gasteiger partial charge >= 0.3 is 0 Å². The first-order chi connectivity index (χ1) is 10.6. The van der Waals surface area contributed by atoms with Crippen LogP contribution < -0.4 is 10.7 Å². The van der Waals surface area contributed by atoms with Gasteiger partial charge in [0.1, 0.15) is 0 Å². The molecule has 0 saturated heterocycles. The molecule has 0 atom stereocenters. The van der Waals surface area contributed by atoms with E-state index in [0.29, 0.717) is 15.7 Å². The summed E-state index contributed by atoms with van der Waals surface area (Å²) in [5, 5.41) is 16.9. The maximum absolute atomic E-state index is 8.73. The summed E-state index contributed by atoms with van der Waals surface area (Å²) < 4.78 is 0. The number of nitrogens with zero attached hydrogens (tertiary/aromatic N) is 2. The first kappa shape index (κ1) is 16.0. The Labute approximate surface area is 139 Å². The summed E-state index contributed by atoms with van der Waals surface area (Å²) in [7, 11) is 0. The summed E-state index contributed by atoms with van der Waals surface area (Å²) in [5.41, 5.74) is 5.97. The fraction of sp³-hybridized carbons (Fsp3) is 0.0625. The first-order valence-electron chi connectivity index (χ1n) is 6.45. The molecular formula is C16H13ClN4S. The van der Waals surface area contributed by atoms with Crippen LogP contribution in [0.15, 0.2) is 47.6 Å². The molecule has 2 aromatic rings. The van der Waals surface area contributed by atoms with E-state index < -0.39 is 0 Å². The molecule has 0 aliphatic carbocycles. The molecule has 0 fully saturated rings. The van der Waals surface area contributed by atoms with Gasteiger partial charge in [-0.05, 0) is 54.5 Å². The molecular weight excluding hydrogens is 316 g/mol. The maximum Gasteiger partial charge on any atom is 0.191 e. The van der Waals surface area contributed by atoms with Crippen molar-refractivity contribution >= 4 is 40.8 Å². The Hall–Kier alpha value is -2.42. The van der Waals surface area contributed by atoms with Gasteiger partial charge in [-0.1, -0.05) is 29.8 Å². The van der Waals surface area contributed by atoms with Crippen molar-refractivity contribution in [2.45, 2.75) is 6.92 Å². The molecule has 0 aliphatic rings. The highest BCUT2D eigenvalue weighted by atomic mass is 35.5. The van der Waals surface area contributed by atoms with Gasteiger partial charge in [0.05, 0.1) is 17.8 Å². The van der Waals surface area contributed by atoms with Crippen molar-refractivity contribution < 1.29 is 0 Å². The van der Waals surface area contributed by atoms with Crippen LogP contribution in [0.2, 0.25) is 5.02 Å². The number of hydrazone groups is 1. The number of rotatable bonds is 3. The van der Waals surface area contributed by atoms with Crippen molar-refractivity contribution in [3.8, 4) is 6.07 Å². The molecule has 0 radical (unpaired) electrons. The van der Waals surface area contributed by atoms with Gasteiger partial charge in [-0.15, -0.1) is 0 Å². The Kier molecular flexibility index (Phi) is 5.48. The van der Waals surface area contributed by atoms with Crippen LogP contribution in [0.4, 0.5) is 5.69 Å². The SMILES string of the molecule is Cc1c(Cl)cccc1NC(=S)N/N=C\c1ccc(C#N)cc1. The molecule has 0 heterocycles. The number of benzene rings is 2. The second-order valence-electron chi connectivity index (χ2n) is 4.47. The lowest BCUT2D eigenvalue weighted by molar-refractivity contribution is 1.05. The topological polar surface area (TPSA) is 60.2 Å². The average molecular weight is 329 g/mol. The molecule has 22 heavy (non-hydrogen) atoms. The highest BCUT2D eigenvalue weighted by Crippen LogP contribution is 2.22. The van der Waals surface area contributed by atoms with Gasteiger partial charge in [0.2, 0.25) is 0 Å². The molecule has 4 nitrogen and oxygen atoms in total. The van der Waals surface area contributed by atoms with Crippen molar-refractivity contribution in [1.29, 1.82) is 5.26 Å². The van der Waals surface area contributed by atoms with Gasteiger partial charge in [0, 0.05) is 10.7 Å². The number of nitriles is 1. The van der Waals surface area contributed by atoms with E-state index in [4.69, 9.17) is 29.1 Å². The summed E-state index contributed by atoms with van der Waals surface area (Å²) in [6.07, 6.45) is 1.62. The highest BCUT2D eigenvalue weighted by Gasteiger charge is 2.03. The Morgan fingerprint density at radius 1 is 1.27 bits per heavy atom. The van der Waals surface area contributed by atoms with E-state index in [1.807, 2.05) is 25.1 Å². The number of hydrogen-bond donors (Lipinski definition) is 2. The summed E-state index contributed by atoms with van der Waals surface area (Å²) >= 11 is 11.2. The fourth-order valence-corrected chi connectivity index (χ4v) is 2.04. The minimum Gasteiger partial charge on any atom is -0.331 e. The standard InChI is InChI=1S/C16H13ClN4S/c1-11-14(17)3-2-4-15(11)20-16(22)21-19-10-13-7-5-12(9-18)6-8-13/h2-8,10H,1H3,(H2,20,21,22)/b19-10-. The zero-order valence-electron chi connectivity index (χ0n) is 11.8. The van der Waals surface area contributed by atoms with E-state index in [1.54, 1.807) is 30.5 Å². The van der Waals surface area contributed by atoms with Crippen molar-refractivity contribution in [3.63, 3.8) is 0 Å². The Balaban J connectivity index is 1.93. The lowest BCUT2D eigenvalue weighted by Gasteiger charge is -2.10. The van der Waals surface area contributed by atoms with Crippen LogP contribution in [0, 0.1) is 18.3 Å². The van der Waals surface area contributed by atoms with E-state index in [1.165, 1.54) is 0 Å². The smallest absolute Gasteiger partial charge is 0.191 e. The van der Waals surface area contributed by atoms with Crippen LogP contribution in [-0.4, -0.2) is 11.3 Å². The fourth-order valence-electron chi connectivity index (χ4n) is 1.70. The van der Waals surface area contributed by atoms with Crippen LogP contribution in [0.5, 0.6) is 0 Å². The molecule has 2 N–H and O–H groups in total. The monoisotopic (exact) mass is 328 g/mol. The molecule has 6 heteroatoms. The van der Waals surface area contributed by atoms with Crippen LogP contribution in [0.3, 0.4) is 0 Å². The lowest BCUT2D eigenvalue weighted by Crippen LogP contribution is -2.24. The van der Waals surface area contributed by atoms with Gasteiger partial charge in [0.25, 0.3) is 0 Å². The molecule has 2 aromatic carbocycles. The lowest BCUT2D eigenvalue weighted by atomic mass is 10.2. The zero-order valence-corrected chi connectivity index (χ0v) is 13.4. The van der Waals surface area contributed by atoms with Crippen molar-refractivity contribution in [1.82, 2.24) is 5.43 Å². The molecule has 0 spiro atoms. The Morgan fingerprint density at radius 2 is 2.00 bits per heavy atom. The van der Waals surface area contributed by atoms with Gasteiger partial charge in [-0.3, -0.25) is 5.43 Å². The third kappa shape index (κ3) is 4.29. The van der Waals surface area contributed by atoms with Gasteiger partial charge in [-0.2, -0.15) is 10.4 Å². The van der Waals surface area contributed by atoms with Crippen molar-refractivity contribution in [2.75, 3.05) is 5.32 Å². The van der Waals surface area contributed by atoms with Crippen molar-refractivity contribution in [2.24, 2.45) is 5.10 Å². The third-order valence-corrected chi connectivity index (χ3v) is 3.54. The average Bonchev–Trinajstić information content (AvgIpc) is 2.52. The molecule has 0 bridgehead atoms. The van der Waals surface area contributed by atoms with Gasteiger partial charge in [0.15, 0.2) is 5.11 Å². The normalized spacial score (nSPS) is 10.2. The van der Waals surface area contributed by atoms with Crippen LogP contribution >= 0.6 is 23.8 Å². The number of hydrogen-bond acceptors (Lipinski definition) is 3. The number of nitrogens with one attached hydrogen (secondary N) is 2. The zero-order chi connectivity index (χ0) is 15.9. The summed E-state index contributed by atoms with van der Waals surface area (Å²) in [5.74, 6) is 0. The van der Waals surface area contributed by atoms with E-state index in [-0.39, 0.29) is 0 Å². The second-order valence-corrected chi connectivity index (χ2v) is 5.29. The number of anilines is 1. The Bertz CT molecular complexity index is 748. The maximum atomic E-state index is 8.73. The highest BCUT2D eigenvalue weighted by molar-refractivity contribution is 7.80. The van der Waals surface area contributed by atoms with E-state index >= 15 is 0 Å². The van der Waals surface area contributed by atoms with Crippen molar-refractivity contribution in [3.05, 3.63) is 64.2 Å². The second kappa shape index (κ2) is 7.55. The van der Waals surface area contributed by atoms with Crippen LogP contribution in [-0.2, 0) is 0 Å². The van der Waals surface area contributed by atoms with Gasteiger partial charge in [-0.25, -0.2) is 0 Å². The molecule has 0 aromatic heterocycles. The molecule has 110 valence electrons. The molecule has 0 saturated carbocycles. The first-order valence-corrected chi connectivity index (χ1v) is 7.24. The van der Waals surface area contributed by atoms with E-state index in [0.717, 1.165) is 16.8 Å². The minimum atomic E-state index is 0.371. The molecule has 0 amide bonds. The molecule has 0 aliphatic heterocycles. The molecule has 0 unspecified atom stereocenters. The third-order valence-electron chi connectivity index (χ3n) is 2.94. The quantitative estimate of drug-likeness (QED) is 0.510. The largest absolute Gasteiger partial charge is 0.331 e. The number of thiocarbonyl (C=S) groups is 1. The van der Waals surface area contributed by atoms with E-state index in [2.05, 4.69) is 21.9 Å². The number of halogens is 1. The molecule has 2 rings (SSSR count). The van der Waals surface area contributed by atoms with Gasteiger partial charge < -0.3 is 5.32 Å². The van der Waals surface area contributed by atoms with Crippen LogP contribution in [0.1, 0.15) is 16.7 Å². The predicted octanol–water partition coefficient (Wildman–Crippen LogP) is 3.84. The van der Waals surface area contributed by atoms with E-state index in [9.17, 15) is 0 Å². The van der Waals surface area contributed by atoms with Crippen LogP contribution in [0.25, 0.3) is 0 Å². The summed E-state index contributed by atoms with van der Waals surface area (Å²) in [6, 6.07) is 14.7. The summed E-state index contributed by atoms with van der Waals surface area (Å²) in [4.78, 5) is 0. The predicted molar refractivity (Wildman–Crippen MR) is 94.3 cm³/mol. The summed E-state index contributed by atoms with van der Waals surface area (Å²) in [6.45, 7) is 1.91. The minimum absolute atomic E-state index is 0.371.